The van der Waals surface area contributed by atoms with Gasteiger partial charge in [-0.1, -0.05) is 12.2 Å². The Morgan fingerprint density at radius 1 is 1.12 bits per heavy atom. The summed E-state index contributed by atoms with van der Waals surface area (Å²) in [4.78, 5) is 2.72. The molecule has 0 amide bonds. The molecule has 3 heteroatoms. The molecule has 44 valence electrons. The first kappa shape index (κ1) is 6.39. The molecule has 8 heavy (non-hydrogen) atoms. The van der Waals surface area contributed by atoms with Crippen molar-refractivity contribution >= 4 is 34.9 Å². The van der Waals surface area contributed by atoms with Gasteiger partial charge in [-0.05, 0) is 13.8 Å². The molecule has 0 spiro atoms. The minimum absolute atomic E-state index is 1.04. The van der Waals surface area contributed by atoms with Gasteiger partial charge in [0.1, 0.15) is 3.14 Å². The van der Waals surface area contributed by atoms with Gasteiger partial charge in [0.15, 0.2) is 0 Å². The van der Waals surface area contributed by atoms with Crippen LogP contribution in [0.3, 0.4) is 0 Å². The molecule has 1 heterocycles. The van der Waals surface area contributed by atoms with E-state index in [4.69, 9.17) is 12.2 Å². The van der Waals surface area contributed by atoms with Crippen molar-refractivity contribution in [2.45, 2.75) is 13.8 Å². The third kappa shape index (κ3) is 1.16. The Hall–Kier alpha value is 0.270. The van der Waals surface area contributed by atoms with Crippen molar-refractivity contribution in [1.82, 2.24) is 0 Å². The molecule has 1 aromatic rings. The molecule has 0 atom stereocenters. The molecule has 0 bridgehead atoms. The highest BCUT2D eigenvalue weighted by molar-refractivity contribution is 7.76. The van der Waals surface area contributed by atoms with Crippen LogP contribution in [0.1, 0.15) is 9.75 Å². The van der Waals surface area contributed by atoms with Crippen LogP contribution >= 0.6 is 34.9 Å². The summed E-state index contributed by atoms with van der Waals surface area (Å²) in [6.07, 6.45) is 0. The largest absolute Gasteiger partial charge is 0.144 e. The van der Waals surface area contributed by atoms with Crippen LogP contribution in [0.2, 0.25) is 0 Å². The Labute approximate surface area is 61.8 Å². The van der Waals surface area contributed by atoms with E-state index in [1.54, 1.807) is 22.7 Å². The van der Waals surface area contributed by atoms with Crippen LogP contribution < -0.4 is 0 Å². The highest BCUT2D eigenvalue weighted by atomic mass is 32.2. The number of aryl methyl sites for hydroxylation is 2. The van der Waals surface area contributed by atoms with E-state index >= 15 is 0 Å². The lowest BCUT2D eigenvalue weighted by Gasteiger charge is -1.77. The molecule has 0 nitrogen and oxygen atoms in total. The van der Waals surface area contributed by atoms with Crippen LogP contribution in [0.5, 0.6) is 0 Å². The smallest absolute Gasteiger partial charge is 0.118 e. The second kappa shape index (κ2) is 2.25. The van der Waals surface area contributed by atoms with Crippen molar-refractivity contribution in [2.24, 2.45) is 0 Å². The molecule has 0 aliphatic carbocycles. The fourth-order valence-corrected chi connectivity index (χ4v) is 3.12. The average molecular weight is 163 g/mol. The minimum atomic E-state index is 1.04. The first-order valence-electron chi connectivity index (χ1n) is 2.27. The fourth-order valence-electron chi connectivity index (χ4n) is 0.415. The van der Waals surface area contributed by atoms with Crippen molar-refractivity contribution in [3.8, 4) is 0 Å². The number of hydrogen-bond donors (Lipinski definition) is 0. The Bertz CT molecular complexity index is 208. The van der Waals surface area contributed by atoms with Crippen LogP contribution in [-0.4, -0.2) is 0 Å². The first-order chi connectivity index (χ1) is 3.70. The van der Waals surface area contributed by atoms with E-state index in [-0.39, 0.29) is 0 Å². The van der Waals surface area contributed by atoms with E-state index in [1.807, 2.05) is 0 Å². The zero-order valence-corrected chi connectivity index (χ0v) is 7.17. The summed E-state index contributed by atoms with van der Waals surface area (Å²) >= 11 is 8.36. The molecule has 0 radical (unpaired) electrons. The van der Waals surface area contributed by atoms with Crippen LogP contribution in [0.15, 0.2) is 0 Å². The first-order valence-corrected chi connectivity index (χ1v) is 4.31. The van der Waals surface area contributed by atoms with E-state index < -0.39 is 0 Å². The van der Waals surface area contributed by atoms with Crippen LogP contribution in [0, 0.1) is 17.0 Å². The second-order valence-electron chi connectivity index (χ2n) is 1.57. The lowest BCUT2D eigenvalue weighted by Crippen LogP contribution is -1.58. The summed E-state index contributed by atoms with van der Waals surface area (Å²) in [6, 6.07) is 0. The van der Waals surface area contributed by atoms with E-state index in [0.717, 1.165) is 3.14 Å². The van der Waals surface area contributed by atoms with E-state index in [0.29, 0.717) is 0 Å². The van der Waals surface area contributed by atoms with Gasteiger partial charge in [-0.3, -0.25) is 0 Å². The normalized spacial score (nSPS) is 9.75. The molecule has 0 N–H and O–H groups in total. The minimum Gasteiger partial charge on any atom is -0.118 e. The lowest BCUT2D eigenvalue weighted by atomic mass is 10.5. The lowest BCUT2D eigenvalue weighted by molar-refractivity contribution is 1.51. The van der Waals surface area contributed by atoms with Gasteiger partial charge in [0.25, 0.3) is 0 Å². The highest BCUT2D eigenvalue weighted by Gasteiger charge is 1.92. The predicted molar refractivity (Wildman–Crippen MR) is 42.5 cm³/mol. The van der Waals surface area contributed by atoms with Gasteiger partial charge in [-0.25, -0.2) is 0 Å². The topological polar surface area (TPSA) is 0 Å². The van der Waals surface area contributed by atoms with E-state index in [2.05, 4.69) is 13.8 Å². The molecule has 0 saturated heterocycles. The van der Waals surface area contributed by atoms with Gasteiger partial charge >= 0.3 is 0 Å². The third-order valence-corrected chi connectivity index (χ3v) is 3.66. The van der Waals surface area contributed by atoms with E-state index in [1.165, 1.54) is 9.75 Å². The molecule has 0 aliphatic heterocycles. The maximum absolute atomic E-state index is 4.96. The molecule has 0 fully saturated rings. The molecule has 1 rings (SSSR count). The summed E-state index contributed by atoms with van der Waals surface area (Å²) < 4.78 is 1.04. The van der Waals surface area contributed by atoms with Crippen LogP contribution in [0.4, 0.5) is 0 Å². The molecular weight excluding hydrogens is 157 g/mol. The third-order valence-electron chi connectivity index (χ3n) is 0.969. The standard InChI is InChI=1S/C5H6S3/c1-3-4(2)8-5(6)7-3/h1-2H3/i5+1. The van der Waals surface area contributed by atoms with Gasteiger partial charge in [0.05, 0.1) is 0 Å². The van der Waals surface area contributed by atoms with Gasteiger partial charge in [-0.2, -0.15) is 0 Å². The summed E-state index contributed by atoms with van der Waals surface area (Å²) in [6.45, 7) is 4.21. The zero-order valence-electron chi connectivity index (χ0n) is 4.72. The highest BCUT2D eigenvalue weighted by Crippen LogP contribution is 2.21. The van der Waals surface area contributed by atoms with Crippen molar-refractivity contribution in [2.75, 3.05) is 0 Å². The fraction of sp³-hybridized carbons (Fsp3) is 0.400. The monoisotopic (exact) mass is 163 g/mol. The quantitative estimate of drug-likeness (QED) is 0.529. The molecule has 0 aliphatic rings. The van der Waals surface area contributed by atoms with Gasteiger partial charge in [0.2, 0.25) is 0 Å². The Morgan fingerprint density at radius 2 is 1.50 bits per heavy atom. The SMILES string of the molecule is Cc1s[13c](=S)sc1C. The summed E-state index contributed by atoms with van der Waals surface area (Å²) in [7, 11) is 0. The molecule has 0 saturated carbocycles. The van der Waals surface area contributed by atoms with Crippen molar-refractivity contribution in [1.29, 1.82) is 0 Å². The number of hydrogen-bond acceptors (Lipinski definition) is 3. The van der Waals surface area contributed by atoms with Gasteiger partial charge in [-0.15, -0.1) is 22.7 Å². The van der Waals surface area contributed by atoms with Crippen molar-refractivity contribution in [3.05, 3.63) is 12.9 Å². The second-order valence-corrected chi connectivity index (χ2v) is 5.20. The summed E-state index contributed by atoms with van der Waals surface area (Å²) in [5.41, 5.74) is 0. The summed E-state index contributed by atoms with van der Waals surface area (Å²) in [5.74, 6) is 0. The summed E-state index contributed by atoms with van der Waals surface area (Å²) in [5, 5.41) is 0. The molecular formula is C5H6S3. The van der Waals surface area contributed by atoms with E-state index in [9.17, 15) is 0 Å². The average Bonchev–Trinajstić information content (AvgIpc) is 1.85. The maximum Gasteiger partial charge on any atom is 0.144 e. The Kier molecular flexibility index (Phi) is 1.80. The Morgan fingerprint density at radius 3 is 1.62 bits per heavy atom. The van der Waals surface area contributed by atoms with Gasteiger partial charge in [0, 0.05) is 9.75 Å². The molecule has 0 aromatic carbocycles. The van der Waals surface area contributed by atoms with Gasteiger partial charge < -0.3 is 0 Å². The predicted octanol–water partition coefficient (Wildman–Crippen LogP) is 3.16. The zero-order chi connectivity index (χ0) is 6.15. The maximum atomic E-state index is 4.96. The molecule has 1 aromatic heterocycles. The van der Waals surface area contributed by atoms with Crippen molar-refractivity contribution in [3.63, 3.8) is 0 Å². The van der Waals surface area contributed by atoms with Crippen LogP contribution in [-0.2, 0) is 0 Å². The van der Waals surface area contributed by atoms with Crippen LogP contribution in [0.25, 0.3) is 0 Å². The van der Waals surface area contributed by atoms with Crippen molar-refractivity contribution < 1.29 is 0 Å². The Balaban J connectivity index is 3.35. The molecule has 0 unspecified atom stereocenters. The number of rotatable bonds is 0.